The van der Waals surface area contributed by atoms with Crippen molar-refractivity contribution in [3.8, 4) is 0 Å². The number of piperazine rings is 1. The molecule has 3 aromatic rings. The molecule has 0 radical (unpaired) electrons. The molecule has 6 heteroatoms. The zero-order valence-electron chi connectivity index (χ0n) is 16.5. The maximum atomic E-state index is 12.5. The molecule has 0 aliphatic carbocycles. The number of benzene rings is 1. The van der Waals surface area contributed by atoms with E-state index in [-0.39, 0.29) is 11.9 Å². The molecule has 2 aromatic heterocycles. The van der Waals surface area contributed by atoms with Gasteiger partial charge in [0.1, 0.15) is 11.6 Å². The first-order valence-electron chi connectivity index (χ1n) is 9.93. The number of pyridine rings is 2. The third-order valence-electron chi connectivity index (χ3n) is 5.23. The molecule has 1 aromatic carbocycles. The molecular formula is C23H25N5O. The SMILES string of the molecule is CC(NC(=O)c1ccc(N2CCN(c3ccccn3)CC2)nc1)c1ccccc1. The standard InChI is InChI=1S/C23H25N5O/c1-18(19-7-3-2-4-8-19)26-23(29)20-10-11-22(25-17-20)28-15-13-27(14-16-28)21-9-5-6-12-24-21/h2-12,17-18H,13-16H2,1H3,(H,26,29). The van der Waals surface area contributed by atoms with Gasteiger partial charge in [0.2, 0.25) is 0 Å². The van der Waals surface area contributed by atoms with Crippen molar-refractivity contribution in [3.05, 3.63) is 84.2 Å². The van der Waals surface area contributed by atoms with E-state index in [1.807, 2.05) is 73.8 Å². The number of nitrogens with one attached hydrogen (secondary N) is 1. The minimum absolute atomic E-state index is 0.0527. The van der Waals surface area contributed by atoms with Gasteiger partial charge in [0.25, 0.3) is 5.91 Å². The van der Waals surface area contributed by atoms with E-state index in [0.717, 1.165) is 43.4 Å². The highest BCUT2D eigenvalue weighted by Crippen LogP contribution is 2.18. The van der Waals surface area contributed by atoms with Crippen LogP contribution in [0.1, 0.15) is 28.9 Å². The summed E-state index contributed by atoms with van der Waals surface area (Å²) in [6.45, 7) is 5.53. The molecule has 1 aliphatic rings. The van der Waals surface area contributed by atoms with E-state index in [1.165, 1.54) is 0 Å². The van der Waals surface area contributed by atoms with Crippen LogP contribution in [-0.4, -0.2) is 42.1 Å². The maximum absolute atomic E-state index is 12.5. The molecule has 1 unspecified atom stereocenters. The molecule has 6 nitrogen and oxygen atoms in total. The van der Waals surface area contributed by atoms with Crippen LogP contribution < -0.4 is 15.1 Å². The summed E-state index contributed by atoms with van der Waals surface area (Å²) in [5.41, 5.74) is 1.65. The molecule has 29 heavy (non-hydrogen) atoms. The fourth-order valence-corrected chi connectivity index (χ4v) is 3.52. The number of carbonyl (C=O) groups excluding carboxylic acids is 1. The summed E-state index contributed by atoms with van der Waals surface area (Å²) in [4.78, 5) is 26.0. The zero-order chi connectivity index (χ0) is 20.1. The van der Waals surface area contributed by atoms with E-state index in [0.29, 0.717) is 5.56 Å². The molecule has 0 spiro atoms. The van der Waals surface area contributed by atoms with Gasteiger partial charge in [-0.25, -0.2) is 9.97 Å². The molecule has 0 bridgehead atoms. The first-order chi connectivity index (χ1) is 14.2. The lowest BCUT2D eigenvalue weighted by Crippen LogP contribution is -2.47. The summed E-state index contributed by atoms with van der Waals surface area (Å²) in [7, 11) is 0. The van der Waals surface area contributed by atoms with Gasteiger partial charge in [-0.05, 0) is 36.8 Å². The molecule has 1 atom stereocenters. The molecule has 3 heterocycles. The molecule has 148 valence electrons. The Bertz CT molecular complexity index is 923. The highest BCUT2D eigenvalue weighted by atomic mass is 16.1. The minimum Gasteiger partial charge on any atom is -0.353 e. The number of carbonyl (C=O) groups is 1. The Morgan fingerprint density at radius 1 is 0.862 bits per heavy atom. The molecule has 1 fully saturated rings. The average molecular weight is 387 g/mol. The summed E-state index contributed by atoms with van der Waals surface area (Å²) in [6, 6.07) is 19.6. The summed E-state index contributed by atoms with van der Waals surface area (Å²) >= 11 is 0. The Labute approximate surface area is 171 Å². The topological polar surface area (TPSA) is 61.4 Å². The van der Waals surface area contributed by atoms with Gasteiger partial charge >= 0.3 is 0 Å². The van der Waals surface area contributed by atoms with Crippen molar-refractivity contribution in [1.82, 2.24) is 15.3 Å². The fraction of sp³-hybridized carbons (Fsp3) is 0.261. The smallest absolute Gasteiger partial charge is 0.253 e. The van der Waals surface area contributed by atoms with E-state index in [1.54, 1.807) is 6.20 Å². The van der Waals surface area contributed by atoms with Crippen molar-refractivity contribution in [2.24, 2.45) is 0 Å². The second kappa shape index (κ2) is 8.73. The Hall–Kier alpha value is -3.41. The summed E-state index contributed by atoms with van der Waals surface area (Å²) in [5.74, 6) is 1.80. The Balaban J connectivity index is 1.34. The summed E-state index contributed by atoms with van der Waals surface area (Å²) < 4.78 is 0. The van der Waals surface area contributed by atoms with Crippen molar-refractivity contribution in [3.63, 3.8) is 0 Å². The van der Waals surface area contributed by atoms with Gasteiger partial charge in [-0.1, -0.05) is 36.4 Å². The second-order valence-corrected chi connectivity index (χ2v) is 7.17. The number of hydrogen-bond acceptors (Lipinski definition) is 5. The third-order valence-corrected chi connectivity index (χ3v) is 5.23. The number of rotatable bonds is 5. The number of nitrogens with zero attached hydrogens (tertiary/aromatic N) is 4. The molecular weight excluding hydrogens is 362 g/mol. The lowest BCUT2D eigenvalue weighted by Gasteiger charge is -2.36. The number of amides is 1. The van der Waals surface area contributed by atoms with Crippen LogP contribution in [0.15, 0.2) is 73.1 Å². The summed E-state index contributed by atoms with van der Waals surface area (Å²) in [5, 5.41) is 3.03. The van der Waals surface area contributed by atoms with Crippen LogP contribution >= 0.6 is 0 Å². The van der Waals surface area contributed by atoms with Crippen LogP contribution in [0.2, 0.25) is 0 Å². The van der Waals surface area contributed by atoms with E-state index in [4.69, 9.17) is 0 Å². The van der Waals surface area contributed by atoms with Crippen LogP contribution in [0.4, 0.5) is 11.6 Å². The Kier molecular flexibility index (Phi) is 5.70. The highest BCUT2D eigenvalue weighted by Gasteiger charge is 2.19. The minimum atomic E-state index is -0.111. The molecule has 0 saturated carbocycles. The van der Waals surface area contributed by atoms with Gasteiger partial charge in [0.15, 0.2) is 0 Å². The van der Waals surface area contributed by atoms with E-state index in [9.17, 15) is 4.79 Å². The zero-order valence-corrected chi connectivity index (χ0v) is 16.5. The normalized spacial score (nSPS) is 15.1. The number of aromatic nitrogens is 2. The van der Waals surface area contributed by atoms with Crippen molar-refractivity contribution >= 4 is 17.5 Å². The van der Waals surface area contributed by atoms with Crippen molar-refractivity contribution in [2.75, 3.05) is 36.0 Å². The lowest BCUT2D eigenvalue weighted by atomic mass is 10.1. The van der Waals surface area contributed by atoms with E-state index >= 15 is 0 Å². The van der Waals surface area contributed by atoms with Gasteiger partial charge in [-0.15, -0.1) is 0 Å². The van der Waals surface area contributed by atoms with Crippen LogP contribution in [-0.2, 0) is 0 Å². The quantitative estimate of drug-likeness (QED) is 0.728. The van der Waals surface area contributed by atoms with E-state index in [2.05, 4.69) is 25.1 Å². The summed E-state index contributed by atoms with van der Waals surface area (Å²) in [6.07, 6.45) is 3.49. The average Bonchev–Trinajstić information content (AvgIpc) is 2.80. The highest BCUT2D eigenvalue weighted by molar-refractivity contribution is 5.94. The van der Waals surface area contributed by atoms with Gasteiger partial charge < -0.3 is 15.1 Å². The molecule has 1 N–H and O–H groups in total. The maximum Gasteiger partial charge on any atom is 0.253 e. The van der Waals surface area contributed by atoms with Crippen molar-refractivity contribution in [1.29, 1.82) is 0 Å². The predicted molar refractivity (Wildman–Crippen MR) is 115 cm³/mol. The Morgan fingerprint density at radius 2 is 1.52 bits per heavy atom. The predicted octanol–water partition coefficient (Wildman–Crippen LogP) is 3.29. The largest absolute Gasteiger partial charge is 0.353 e. The molecule has 1 aliphatic heterocycles. The van der Waals surface area contributed by atoms with Crippen LogP contribution in [0.5, 0.6) is 0 Å². The van der Waals surface area contributed by atoms with Crippen LogP contribution in [0, 0.1) is 0 Å². The number of hydrogen-bond donors (Lipinski definition) is 1. The van der Waals surface area contributed by atoms with Crippen molar-refractivity contribution < 1.29 is 4.79 Å². The van der Waals surface area contributed by atoms with E-state index < -0.39 is 0 Å². The first-order valence-corrected chi connectivity index (χ1v) is 9.93. The third kappa shape index (κ3) is 4.54. The molecule has 1 amide bonds. The van der Waals surface area contributed by atoms with Gasteiger partial charge in [0.05, 0.1) is 11.6 Å². The Morgan fingerprint density at radius 3 is 2.10 bits per heavy atom. The van der Waals surface area contributed by atoms with Crippen molar-refractivity contribution in [2.45, 2.75) is 13.0 Å². The molecule has 1 saturated heterocycles. The molecule has 4 rings (SSSR count). The first kappa shape index (κ1) is 18.9. The lowest BCUT2D eigenvalue weighted by molar-refractivity contribution is 0.0939. The van der Waals surface area contributed by atoms with Gasteiger partial charge in [-0.2, -0.15) is 0 Å². The second-order valence-electron chi connectivity index (χ2n) is 7.17. The van der Waals surface area contributed by atoms with Crippen LogP contribution in [0.3, 0.4) is 0 Å². The monoisotopic (exact) mass is 387 g/mol. The fourth-order valence-electron chi connectivity index (χ4n) is 3.52. The van der Waals surface area contributed by atoms with Gasteiger partial charge in [0, 0.05) is 38.6 Å². The van der Waals surface area contributed by atoms with Gasteiger partial charge in [-0.3, -0.25) is 4.79 Å². The van der Waals surface area contributed by atoms with Crippen LogP contribution in [0.25, 0.3) is 0 Å². The number of anilines is 2.